The van der Waals surface area contributed by atoms with Crippen LogP contribution in [0, 0.1) is 0 Å². The normalized spacial score (nSPS) is 10.4. The average molecular weight is 272 g/mol. The van der Waals surface area contributed by atoms with E-state index in [0.717, 1.165) is 10.1 Å². The summed E-state index contributed by atoms with van der Waals surface area (Å²) in [7, 11) is 1.37. The molecule has 0 bridgehead atoms. The Morgan fingerprint density at radius 3 is 3.07 bits per heavy atom. The van der Waals surface area contributed by atoms with Crippen molar-refractivity contribution in [1.82, 2.24) is 4.37 Å². The second-order valence-electron chi connectivity index (χ2n) is 2.64. The second-order valence-corrected chi connectivity index (χ2v) is 4.20. The first kappa shape index (κ1) is 9.61. The summed E-state index contributed by atoms with van der Waals surface area (Å²) in [6.45, 7) is 0. The Balaban J connectivity index is 2.75. The third-order valence-electron chi connectivity index (χ3n) is 1.86. The van der Waals surface area contributed by atoms with Crippen LogP contribution in [-0.2, 0) is 4.74 Å². The van der Waals surface area contributed by atoms with Crippen LogP contribution in [0.1, 0.15) is 10.4 Å². The molecular weight excluding hydrogens is 266 g/mol. The molecule has 14 heavy (non-hydrogen) atoms. The number of hydrogen-bond donors (Lipinski definition) is 0. The minimum Gasteiger partial charge on any atom is -0.465 e. The van der Waals surface area contributed by atoms with Gasteiger partial charge in [-0.15, -0.1) is 0 Å². The minimum absolute atomic E-state index is 0.337. The zero-order valence-electron chi connectivity index (χ0n) is 7.28. The summed E-state index contributed by atoms with van der Waals surface area (Å²) in [5, 5.41) is 0.823. The van der Waals surface area contributed by atoms with E-state index in [0.29, 0.717) is 10.2 Å². The van der Waals surface area contributed by atoms with Gasteiger partial charge in [-0.2, -0.15) is 4.37 Å². The SMILES string of the molecule is COC(=O)c1cccc2snc(Br)c12. The molecule has 0 aliphatic rings. The number of carbonyl (C=O) groups excluding carboxylic acids is 1. The van der Waals surface area contributed by atoms with Gasteiger partial charge in [-0.1, -0.05) is 6.07 Å². The Labute approximate surface area is 93.0 Å². The van der Waals surface area contributed by atoms with Gasteiger partial charge in [0.25, 0.3) is 0 Å². The van der Waals surface area contributed by atoms with E-state index < -0.39 is 0 Å². The van der Waals surface area contributed by atoms with Crippen LogP contribution >= 0.6 is 27.5 Å². The summed E-state index contributed by atoms with van der Waals surface area (Å²) < 4.78 is 10.5. The highest BCUT2D eigenvalue weighted by atomic mass is 79.9. The Morgan fingerprint density at radius 2 is 2.36 bits per heavy atom. The molecule has 5 heteroatoms. The topological polar surface area (TPSA) is 39.2 Å². The third kappa shape index (κ3) is 1.42. The number of aromatic nitrogens is 1. The monoisotopic (exact) mass is 271 g/mol. The Kier molecular flexibility index (Phi) is 2.52. The molecule has 0 radical (unpaired) electrons. The maximum atomic E-state index is 11.4. The van der Waals surface area contributed by atoms with Crippen LogP contribution in [0.15, 0.2) is 22.8 Å². The molecule has 0 aliphatic carbocycles. The number of esters is 1. The number of halogens is 1. The molecule has 0 aliphatic heterocycles. The quantitative estimate of drug-likeness (QED) is 0.749. The van der Waals surface area contributed by atoms with Gasteiger partial charge in [0, 0.05) is 5.39 Å². The third-order valence-corrected chi connectivity index (χ3v) is 3.48. The predicted molar refractivity (Wildman–Crippen MR) is 58.7 cm³/mol. The molecule has 2 rings (SSSR count). The summed E-state index contributed by atoms with van der Waals surface area (Å²) in [6.07, 6.45) is 0. The van der Waals surface area contributed by atoms with E-state index in [1.807, 2.05) is 12.1 Å². The fourth-order valence-corrected chi connectivity index (χ4v) is 2.72. The van der Waals surface area contributed by atoms with Crippen molar-refractivity contribution < 1.29 is 9.53 Å². The number of nitrogens with zero attached hydrogens (tertiary/aromatic N) is 1. The Hall–Kier alpha value is -0.940. The summed E-state index contributed by atoms with van der Waals surface area (Å²) in [6, 6.07) is 5.47. The number of rotatable bonds is 1. The molecule has 0 saturated carbocycles. The molecule has 1 aromatic heterocycles. The Bertz CT molecular complexity index is 495. The highest BCUT2D eigenvalue weighted by Gasteiger charge is 2.14. The largest absolute Gasteiger partial charge is 0.465 e. The first-order valence-corrected chi connectivity index (χ1v) is 5.43. The summed E-state index contributed by atoms with van der Waals surface area (Å²) >= 11 is 4.66. The van der Waals surface area contributed by atoms with Crippen molar-refractivity contribution in [2.75, 3.05) is 7.11 Å². The van der Waals surface area contributed by atoms with E-state index in [4.69, 9.17) is 0 Å². The molecule has 72 valence electrons. The van der Waals surface area contributed by atoms with Crippen molar-refractivity contribution in [1.29, 1.82) is 0 Å². The number of hydrogen-bond acceptors (Lipinski definition) is 4. The maximum Gasteiger partial charge on any atom is 0.338 e. The van der Waals surface area contributed by atoms with Gasteiger partial charge >= 0.3 is 5.97 Å². The summed E-state index contributed by atoms with van der Waals surface area (Å²) in [5.74, 6) is -0.337. The molecule has 3 nitrogen and oxygen atoms in total. The first-order chi connectivity index (χ1) is 6.74. The second kappa shape index (κ2) is 3.67. The van der Waals surface area contributed by atoms with Crippen LogP contribution in [-0.4, -0.2) is 17.5 Å². The van der Waals surface area contributed by atoms with E-state index >= 15 is 0 Å². The molecule has 0 saturated heterocycles. The zero-order chi connectivity index (χ0) is 10.1. The van der Waals surface area contributed by atoms with Crippen molar-refractivity contribution in [2.45, 2.75) is 0 Å². The van der Waals surface area contributed by atoms with Gasteiger partial charge in [-0.05, 0) is 39.6 Å². The molecule has 0 atom stereocenters. The molecule has 0 amide bonds. The van der Waals surface area contributed by atoms with E-state index in [-0.39, 0.29) is 5.97 Å². The molecule has 0 unspecified atom stereocenters. The van der Waals surface area contributed by atoms with Crippen LogP contribution in [0.5, 0.6) is 0 Å². The predicted octanol–water partition coefficient (Wildman–Crippen LogP) is 2.85. The lowest BCUT2D eigenvalue weighted by Gasteiger charge is -2.00. The van der Waals surface area contributed by atoms with Gasteiger partial charge in [0.05, 0.1) is 17.4 Å². The lowest BCUT2D eigenvalue weighted by molar-refractivity contribution is 0.0603. The van der Waals surface area contributed by atoms with Gasteiger partial charge in [0.15, 0.2) is 0 Å². The molecule has 1 aromatic carbocycles. The zero-order valence-corrected chi connectivity index (χ0v) is 9.68. The maximum absolute atomic E-state index is 11.4. The van der Waals surface area contributed by atoms with Gasteiger partial charge in [0.1, 0.15) is 4.60 Å². The molecule has 1 heterocycles. The lowest BCUT2D eigenvalue weighted by atomic mass is 10.1. The van der Waals surface area contributed by atoms with Crippen molar-refractivity contribution in [3.8, 4) is 0 Å². The highest BCUT2D eigenvalue weighted by molar-refractivity contribution is 9.10. The summed E-state index contributed by atoms with van der Waals surface area (Å²) in [5.41, 5.74) is 0.547. The van der Waals surface area contributed by atoms with E-state index in [2.05, 4.69) is 25.0 Å². The lowest BCUT2D eigenvalue weighted by Crippen LogP contribution is -2.01. The smallest absolute Gasteiger partial charge is 0.338 e. The van der Waals surface area contributed by atoms with Crippen molar-refractivity contribution >= 4 is 43.5 Å². The first-order valence-electron chi connectivity index (χ1n) is 3.86. The number of ether oxygens (including phenoxy) is 1. The van der Waals surface area contributed by atoms with Gasteiger partial charge in [-0.25, -0.2) is 4.79 Å². The van der Waals surface area contributed by atoms with Crippen molar-refractivity contribution in [3.05, 3.63) is 28.4 Å². The average Bonchev–Trinajstić information content (AvgIpc) is 2.59. The number of fused-ring (bicyclic) bond motifs is 1. The van der Waals surface area contributed by atoms with Crippen molar-refractivity contribution in [2.24, 2.45) is 0 Å². The van der Waals surface area contributed by atoms with E-state index in [9.17, 15) is 4.79 Å². The van der Waals surface area contributed by atoms with Crippen LogP contribution in [0.2, 0.25) is 0 Å². The molecule has 0 fully saturated rings. The standard InChI is InChI=1S/C9H6BrNO2S/c1-13-9(12)5-3-2-4-6-7(5)8(10)11-14-6/h2-4H,1H3. The minimum atomic E-state index is -0.337. The van der Waals surface area contributed by atoms with E-state index in [1.165, 1.54) is 18.6 Å². The van der Waals surface area contributed by atoms with Gasteiger partial charge in [-0.3, -0.25) is 0 Å². The molecule has 2 aromatic rings. The number of benzene rings is 1. The van der Waals surface area contributed by atoms with Crippen LogP contribution in [0.4, 0.5) is 0 Å². The van der Waals surface area contributed by atoms with Crippen LogP contribution in [0.25, 0.3) is 10.1 Å². The molecular formula is C9H6BrNO2S. The van der Waals surface area contributed by atoms with Gasteiger partial charge < -0.3 is 4.74 Å². The summed E-state index contributed by atoms with van der Waals surface area (Å²) in [4.78, 5) is 11.4. The molecule has 0 spiro atoms. The number of carbonyl (C=O) groups is 1. The highest BCUT2D eigenvalue weighted by Crippen LogP contribution is 2.30. The fourth-order valence-electron chi connectivity index (χ4n) is 1.23. The fraction of sp³-hybridized carbons (Fsp3) is 0.111. The van der Waals surface area contributed by atoms with Crippen molar-refractivity contribution in [3.63, 3.8) is 0 Å². The van der Waals surface area contributed by atoms with Crippen LogP contribution < -0.4 is 0 Å². The van der Waals surface area contributed by atoms with Gasteiger partial charge in [0.2, 0.25) is 0 Å². The van der Waals surface area contributed by atoms with E-state index in [1.54, 1.807) is 6.07 Å². The molecule has 0 N–H and O–H groups in total. The van der Waals surface area contributed by atoms with Crippen LogP contribution in [0.3, 0.4) is 0 Å². The Morgan fingerprint density at radius 1 is 1.57 bits per heavy atom. The number of methoxy groups -OCH3 is 1.